The van der Waals surface area contributed by atoms with Crippen LogP contribution in [0.25, 0.3) is 10.8 Å². The molecule has 4 aromatic rings. The van der Waals surface area contributed by atoms with Crippen LogP contribution in [0, 0.1) is 6.92 Å². The molecule has 0 spiro atoms. The normalized spacial score (nSPS) is 11.6. The summed E-state index contributed by atoms with van der Waals surface area (Å²) in [5.41, 5.74) is 3.03. The highest BCUT2D eigenvalue weighted by Gasteiger charge is 2.30. The molecule has 2 amide bonds. The molecule has 0 aliphatic rings. The fraction of sp³-hybridized carbons (Fsp3) is 0.200. The summed E-state index contributed by atoms with van der Waals surface area (Å²) in [6, 6.07) is 28.8. The van der Waals surface area contributed by atoms with Crippen molar-refractivity contribution >= 4 is 38.5 Å². The van der Waals surface area contributed by atoms with Gasteiger partial charge in [-0.15, -0.1) is 0 Å². The number of aryl methyl sites for hydroxylation is 1. The van der Waals surface area contributed by atoms with Gasteiger partial charge in [0.05, 0.1) is 4.47 Å². The molecule has 0 aliphatic carbocycles. The molecular formula is C30H29BrN2O3. The zero-order valence-electron chi connectivity index (χ0n) is 20.4. The maximum atomic E-state index is 13.6. The number of nitrogens with zero attached hydrogens (tertiary/aromatic N) is 1. The predicted molar refractivity (Wildman–Crippen MR) is 147 cm³/mol. The van der Waals surface area contributed by atoms with Crippen molar-refractivity contribution in [3.8, 4) is 5.75 Å². The van der Waals surface area contributed by atoms with Crippen LogP contribution in [0.5, 0.6) is 5.75 Å². The number of benzene rings is 4. The summed E-state index contributed by atoms with van der Waals surface area (Å²) in [6.07, 6.45) is 0.401. The van der Waals surface area contributed by atoms with Crippen LogP contribution < -0.4 is 10.1 Å². The lowest BCUT2D eigenvalue weighted by Crippen LogP contribution is -2.51. The summed E-state index contributed by atoms with van der Waals surface area (Å²) in [4.78, 5) is 28.3. The molecule has 0 fully saturated rings. The fourth-order valence-electron chi connectivity index (χ4n) is 4.28. The van der Waals surface area contributed by atoms with E-state index in [1.807, 2.05) is 97.9 Å². The van der Waals surface area contributed by atoms with E-state index in [1.54, 1.807) is 11.9 Å². The highest BCUT2D eigenvalue weighted by atomic mass is 79.9. The van der Waals surface area contributed by atoms with Crippen molar-refractivity contribution in [2.45, 2.75) is 25.9 Å². The van der Waals surface area contributed by atoms with Crippen molar-refractivity contribution < 1.29 is 14.3 Å². The van der Waals surface area contributed by atoms with E-state index in [-0.39, 0.29) is 18.4 Å². The quantitative estimate of drug-likeness (QED) is 0.295. The molecule has 0 aliphatic heterocycles. The number of likely N-dealkylation sites (N-methyl/N-ethyl adjacent to an activating group) is 1. The zero-order valence-corrected chi connectivity index (χ0v) is 22.0. The number of hydrogen-bond acceptors (Lipinski definition) is 3. The van der Waals surface area contributed by atoms with Gasteiger partial charge in [-0.1, -0.05) is 90.5 Å². The number of ether oxygens (including phenoxy) is 1. The van der Waals surface area contributed by atoms with Gasteiger partial charge in [0.1, 0.15) is 11.8 Å². The lowest BCUT2D eigenvalue weighted by atomic mass is 10.0. The van der Waals surface area contributed by atoms with Gasteiger partial charge >= 0.3 is 0 Å². The summed E-state index contributed by atoms with van der Waals surface area (Å²) in [5, 5.41) is 4.82. The molecule has 0 heterocycles. The molecule has 5 nitrogen and oxygen atoms in total. The molecule has 0 aromatic heterocycles. The van der Waals surface area contributed by atoms with E-state index in [4.69, 9.17) is 4.74 Å². The largest absolute Gasteiger partial charge is 0.483 e. The Morgan fingerprint density at radius 1 is 0.917 bits per heavy atom. The fourth-order valence-corrected chi connectivity index (χ4v) is 4.88. The molecule has 1 N–H and O–H groups in total. The highest BCUT2D eigenvalue weighted by molar-refractivity contribution is 9.10. The summed E-state index contributed by atoms with van der Waals surface area (Å²) in [5.74, 6) is 0.102. The minimum absolute atomic E-state index is 0.189. The summed E-state index contributed by atoms with van der Waals surface area (Å²) >= 11 is 3.62. The van der Waals surface area contributed by atoms with E-state index >= 15 is 0 Å². The molecule has 0 radical (unpaired) electrons. The Balaban J connectivity index is 1.62. The molecule has 1 unspecified atom stereocenters. The number of halogens is 1. The average Bonchev–Trinajstić information content (AvgIpc) is 2.90. The van der Waals surface area contributed by atoms with Crippen LogP contribution in [0.3, 0.4) is 0 Å². The van der Waals surface area contributed by atoms with Gasteiger partial charge in [-0.05, 0) is 50.8 Å². The Kier molecular flexibility index (Phi) is 8.39. The highest BCUT2D eigenvalue weighted by Crippen LogP contribution is 2.33. The van der Waals surface area contributed by atoms with Crippen LogP contribution >= 0.6 is 15.9 Å². The first-order valence-corrected chi connectivity index (χ1v) is 12.7. The molecule has 36 heavy (non-hydrogen) atoms. The van der Waals surface area contributed by atoms with Gasteiger partial charge < -0.3 is 15.0 Å². The SMILES string of the molecule is CNC(=O)C(Cc1ccccc1)N(Cc1cccc(C)c1)C(=O)COc1ccc2ccccc2c1Br. The second-order valence-corrected chi connectivity index (χ2v) is 9.51. The minimum Gasteiger partial charge on any atom is -0.483 e. The van der Waals surface area contributed by atoms with Gasteiger partial charge in [-0.2, -0.15) is 0 Å². The molecule has 1 atom stereocenters. The van der Waals surface area contributed by atoms with Crippen molar-refractivity contribution in [1.82, 2.24) is 10.2 Å². The van der Waals surface area contributed by atoms with Gasteiger partial charge in [0, 0.05) is 20.0 Å². The van der Waals surface area contributed by atoms with Gasteiger partial charge in [0.15, 0.2) is 6.61 Å². The van der Waals surface area contributed by atoms with Crippen LogP contribution in [-0.4, -0.2) is 36.4 Å². The molecule has 4 rings (SSSR count). The summed E-state index contributed by atoms with van der Waals surface area (Å²) in [7, 11) is 1.60. The van der Waals surface area contributed by atoms with Crippen LogP contribution in [0.1, 0.15) is 16.7 Å². The van der Waals surface area contributed by atoms with E-state index in [2.05, 4.69) is 21.2 Å². The Hall–Kier alpha value is -3.64. The third-order valence-electron chi connectivity index (χ3n) is 6.13. The van der Waals surface area contributed by atoms with Crippen LogP contribution in [0.2, 0.25) is 0 Å². The second-order valence-electron chi connectivity index (χ2n) is 8.72. The lowest BCUT2D eigenvalue weighted by molar-refractivity contribution is -0.142. The smallest absolute Gasteiger partial charge is 0.261 e. The van der Waals surface area contributed by atoms with E-state index in [9.17, 15) is 9.59 Å². The minimum atomic E-state index is -0.686. The first-order chi connectivity index (χ1) is 17.5. The van der Waals surface area contributed by atoms with Gasteiger partial charge in [-0.25, -0.2) is 0 Å². The third kappa shape index (κ3) is 6.13. The summed E-state index contributed by atoms with van der Waals surface area (Å²) < 4.78 is 6.79. The number of carbonyl (C=O) groups is 2. The molecule has 184 valence electrons. The van der Waals surface area contributed by atoms with Crippen LogP contribution in [-0.2, 0) is 22.6 Å². The molecule has 0 bridgehead atoms. The standard InChI is InChI=1S/C30H29BrN2O3/c1-21-9-8-12-23(17-21)19-33(26(30(35)32-2)18-22-10-4-3-5-11-22)28(34)20-36-27-16-15-24-13-6-7-14-25(24)29(27)31/h3-17,26H,18-20H2,1-2H3,(H,32,35). The lowest BCUT2D eigenvalue weighted by Gasteiger charge is -2.31. The van der Waals surface area contributed by atoms with Crippen LogP contribution in [0.4, 0.5) is 0 Å². The first-order valence-electron chi connectivity index (χ1n) is 11.9. The summed E-state index contributed by atoms with van der Waals surface area (Å²) in [6.45, 7) is 2.12. The second kappa shape index (κ2) is 11.9. The zero-order chi connectivity index (χ0) is 25.5. The van der Waals surface area contributed by atoms with Crippen molar-refractivity contribution in [3.05, 3.63) is 112 Å². The monoisotopic (exact) mass is 544 g/mol. The Morgan fingerprint density at radius 2 is 1.64 bits per heavy atom. The molecular weight excluding hydrogens is 516 g/mol. The number of carbonyl (C=O) groups excluding carboxylic acids is 2. The van der Waals surface area contributed by atoms with Gasteiger partial charge in [0.2, 0.25) is 5.91 Å². The van der Waals surface area contributed by atoms with Crippen molar-refractivity contribution in [1.29, 1.82) is 0 Å². The Bertz CT molecular complexity index is 1360. The maximum absolute atomic E-state index is 13.6. The molecule has 6 heteroatoms. The average molecular weight is 545 g/mol. The number of hydrogen-bond donors (Lipinski definition) is 1. The topological polar surface area (TPSA) is 58.6 Å². The number of amides is 2. The number of rotatable bonds is 9. The molecule has 4 aromatic carbocycles. The van der Waals surface area contributed by atoms with E-state index in [0.717, 1.165) is 31.9 Å². The van der Waals surface area contributed by atoms with Crippen molar-refractivity contribution in [2.75, 3.05) is 13.7 Å². The molecule has 0 saturated carbocycles. The first kappa shape index (κ1) is 25.5. The Labute approximate surface area is 220 Å². The maximum Gasteiger partial charge on any atom is 0.261 e. The van der Waals surface area contributed by atoms with Gasteiger partial charge in [-0.3, -0.25) is 9.59 Å². The molecule has 0 saturated heterocycles. The predicted octanol–water partition coefficient (Wildman–Crippen LogP) is 5.68. The number of nitrogens with one attached hydrogen (secondary N) is 1. The van der Waals surface area contributed by atoms with Crippen LogP contribution in [0.15, 0.2) is 95.5 Å². The van der Waals surface area contributed by atoms with E-state index in [1.165, 1.54) is 0 Å². The van der Waals surface area contributed by atoms with Crippen molar-refractivity contribution in [3.63, 3.8) is 0 Å². The number of fused-ring (bicyclic) bond motifs is 1. The third-order valence-corrected chi connectivity index (χ3v) is 6.95. The van der Waals surface area contributed by atoms with E-state index < -0.39 is 6.04 Å². The van der Waals surface area contributed by atoms with E-state index in [0.29, 0.717) is 18.7 Å². The Morgan fingerprint density at radius 3 is 2.39 bits per heavy atom. The van der Waals surface area contributed by atoms with Gasteiger partial charge in [0.25, 0.3) is 5.91 Å². The van der Waals surface area contributed by atoms with Crippen molar-refractivity contribution in [2.24, 2.45) is 0 Å².